The van der Waals surface area contributed by atoms with Gasteiger partial charge in [0.05, 0.1) is 5.41 Å². The molecule has 2 aliphatic rings. The van der Waals surface area contributed by atoms with Crippen LogP contribution in [0.3, 0.4) is 0 Å². The molecule has 1 aliphatic carbocycles. The van der Waals surface area contributed by atoms with Crippen molar-refractivity contribution in [3.63, 3.8) is 0 Å². The maximum absolute atomic E-state index is 13.0. The largest absolute Gasteiger partial charge is 0.454 e. The van der Waals surface area contributed by atoms with Gasteiger partial charge in [0.2, 0.25) is 6.79 Å². The van der Waals surface area contributed by atoms with Gasteiger partial charge in [0.15, 0.2) is 17.3 Å². The van der Waals surface area contributed by atoms with Crippen LogP contribution in [-0.2, 0) is 10.2 Å². The Morgan fingerprint density at radius 2 is 1.96 bits per heavy atom. The summed E-state index contributed by atoms with van der Waals surface area (Å²) in [6.07, 6.45) is 3.95. The van der Waals surface area contributed by atoms with Gasteiger partial charge < -0.3 is 9.47 Å². The van der Waals surface area contributed by atoms with Crippen LogP contribution in [0.4, 0.5) is 0 Å². The predicted octanol–water partition coefficient (Wildman–Crippen LogP) is 4.35. The molecule has 0 amide bonds. The lowest BCUT2D eigenvalue weighted by Crippen LogP contribution is -2.36. The van der Waals surface area contributed by atoms with Crippen LogP contribution < -0.4 is 9.47 Å². The monoisotopic (exact) mass is 324 g/mol. The van der Waals surface area contributed by atoms with Crippen LogP contribution in [0.15, 0.2) is 52.8 Å². The summed E-state index contributed by atoms with van der Waals surface area (Å²) < 4.78 is 10.9. The number of hydrogen-bond donors (Lipinski definition) is 0. The van der Waals surface area contributed by atoms with Crippen molar-refractivity contribution in [2.24, 2.45) is 0 Å². The Hall–Kier alpha value is -2.33. The fourth-order valence-corrected chi connectivity index (χ4v) is 4.02. The molecule has 4 heteroatoms. The Bertz CT molecular complexity index is 846. The quantitative estimate of drug-likeness (QED) is 0.824. The first-order valence-electron chi connectivity index (χ1n) is 7.47. The normalized spacial score (nSPS) is 22.8. The topological polar surface area (TPSA) is 35.5 Å². The van der Waals surface area contributed by atoms with Crippen molar-refractivity contribution in [1.82, 2.24) is 0 Å². The molecule has 1 aromatic carbocycles. The van der Waals surface area contributed by atoms with Gasteiger partial charge in [-0.2, -0.15) is 11.3 Å². The number of fused-ring (bicyclic) bond motifs is 1. The summed E-state index contributed by atoms with van der Waals surface area (Å²) >= 11 is 1.61. The summed E-state index contributed by atoms with van der Waals surface area (Å²) in [5.41, 5.74) is 3.11. The molecule has 1 atom stereocenters. The molecule has 1 aliphatic heterocycles. The molecular formula is C19H16O3S. The fourth-order valence-electron chi connectivity index (χ4n) is 3.25. The van der Waals surface area contributed by atoms with Crippen LogP contribution in [0.5, 0.6) is 11.5 Å². The Kier molecular flexibility index (Phi) is 3.16. The maximum Gasteiger partial charge on any atom is 0.231 e. The molecule has 0 radical (unpaired) electrons. The Balaban J connectivity index is 1.89. The van der Waals surface area contributed by atoms with Gasteiger partial charge in [-0.25, -0.2) is 0 Å². The lowest BCUT2D eigenvalue weighted by Gasteiger charge is -2.33. The van der Waals surface area contributed by atoms with E-state index in [0.717, 1.165) is 33.8 Å². The summed E-state index contributed by atoms with van der Waals surface area (Å²) in [6, 6.07) is 7.89. The summed E-state index contributed by atoms with van der Waals surface area (Å²) in [6.45, 7) is 4.13. The Morgan fingerprint density at radius 1 is 1.13 bits per heavy atom. The number of ether oxygens (including phenoxy) is 2. The van der Waals surface area contributed by atoms with E-state index in [0.29, 0.717) is 0 Å². The fraction of sp³-hybridized carbons (Fsp3) is 0.211. The van der Waals surface area contributed by atoms with E-state index in [1.165, 1.54) is 0 Å². The van der Waals surface area contributed by atoms with Gasteiger partial charge in [-0.05, 0) is 65.1 Å². The van der Waals surface area contributed by atoms with Gasteiger partial charge in [0, 0.05) is 0 Å². The highest BCUT2D eigenvalue weighted by Crippen LogP contribution is 2.46. The third-order valence-corrected chi connectivity index (χ3v) is 5.32. The van der Waals surface area contributed by atoms with Crippen molar-refractivity contribution in [1.29, 1.82) is 0 Å². The summed E-state index contributed by atoms with van der Waals surface area (Å²) in [7, 11) is 0. The van der Waals surface area contributed by atoms with Crippen LogP contribution in [0.25, 0.3) is 5.57 Å². The molecule has 0 N–H and O–H groups in total. The van der Waals surface area contributed by atoms with Crippen molar-refractivity contribution < 1.29 is 14.3 Å². The molecular weight excluding hydrogens is 308 g/mol. The van der Waals surface area contributed by atoms with Crippen molar-refractivity contribution in [3.05, 3.63) is 63.9 Å². The molecule has 0 bridgehead atoms. The van der Waals surface area contributed by atoms with Crippen LogP contribution >= 0.6 is 11.3 Å². The number of Topliss-reactive ketones (excluding diaryl/α,β-unsaturated/α-hetero) is 1. The third-order valence-electron chi connectivity index (χ3n) is 4.63. The number of rotatable bonds is 2. The number of hydrogen-bond acceptors (Lipinski definition) is 4. The lowest BCUT2D eigenvalue weighted by molar-refractivity contribution is -0.118. The van der Waals surface area contributed by atoms with E-state index in [2.05, 4.69) is 5.38 Å². The number of benzene rings is 1. The first-order valence-corrected chi connectivity index (χ1v) is 8.41. The zero-order chi connectivity index (χ0) is 16.0. The second-order valence-electron chi connectivity index (χ2n) is 5.96. The SMILES string of the molecule is CC1=CC=C(c2ccc3c(c2)OCO3)C(C)(c2ccsc2)C1=O. The Labute approximate surface area is 138 Å². The van der Waals surface area contributed by atoms with Gasteiger partial charge in [0.1, 0.15) is 0 Å². The summed E-state index contributed by atoms with van der Waals surface area (Å²) in [5, 5.41) is 4.07. The zero-order valence-corrected chi connectivity index (χ0v) is 13.8. The van der Waals surface area contributed by atoms with Crippen LogP contribution in [0.2, 0.25) is 0 Å². The standard InChI is InChI=1S/C19H16O3S/c1-12-3-5-15(13-4-6-16-17(9-13)22-11-21-16)19(2,18(12)20)14-7-8-23-10-14/h3-10H,11H2,1-2H3. The molecule has 116 valence electrons. The van der Waals surface area contributed by atoms with Crippen molar-refractivity contribution in [2.45, 2.75) is 19.3 Å². The highest BCUT2D eigenvalue weighted by atomic mass is 32.1. The van der Waals surface area contributed by atoms with Crippen molar-refractivity contribution >= 4 is 22.7 Å². The highest BCUT2D eigenvalue weighted by molar-refractivity contribution is 7.08. The molecule has 0 spiro atoms. The van der Waals surface area contributed by atoms with Crippen molar-refractivity contribution in [2.75, 3.05) is 6.79 Å². The summed E-state index contributed by atoms with van der Waals surface area (Å²) in [5.74, 6) is 1.63. The van der Waals surface area contributed by atoms with Gasteiger partial charge >= 0.3 is 0 Å². The second-order valence-corrected chi connectivity index (χ2v) is 6.74. The third kappa shape index (κ3) is 2.05. The molecule has 0 fully saturated rings. The van der Waals surface area contributed by atoms with Crippen LogP contribution in [0.1, 0.15) is 25.0 Å². The van der Waals surface area contributed by atoms with Gasteiger partial charge in [0.25, 0.3) is 0 Å². The van der Waals surface area contributed by atoms with E-state index >= 15 is 0 Å². The van der Waals surface area contributed by atoms with Crippen LogP contribution in [-0.4, -0.2) is 12.6 Å². The van der Waals surface area contributed by atoms with E-state index in [4.69, 9.17) is 9.47 Å². The number of allylic oxidation sites excluding steroid dienone is 4. The first kappa shape index (κ1) is 14.3. The van der Waals surface area contributed by atoms with E-state index in [1.54, 1.807) is 11.3 Å². The molecule has 3 nitrogen and oxygen atoms in total. The second kappa shape index (κ2) is 5.10. The molecule has 23 heavy (non-hydrogen) atoms. The number of ketones is 1. The number of thiophene rings is 1. The molecule has 2 heterocycles. The molecule has 1 unspecified atom stereocenters. The smallest absolute Gasteiger partial charge is 0.231 e. The van der Waals surface area contributed by atoms with E-state index < -0.39 is 5.41 Å². The van der Waals surface area contributed by atoms with E-state index in [-0.39, 0.29) is 12.6 Å². The average Bonchev–Trinajstić information content (AvgIpc) is 3.23. The van der Waals surface area contributed by atoms with Gasteiger partial charge in [-0.3, -0.25) is 4.79 Å². The molecule has 1 aromatic heterocycles. The number of carbonyl (C=O) groups is 1. The molecule has 0 saturated carbocycles. The summed E-state index contributed by atoms with van der Waals surface area (Å²) in [4.78, 5) is 13.0. The Morgan fingerprint density at radius 3 is 2.74 bits per heavy atom. The highest BCUT2D eigenvalue weighted by Gasteiger charge is 2.42. The lowest BCUT2D eigenvalue weighted by atomic mass is 9.67. The minimum atomic E-state index is -0.674. The zero-order valence-electron chi connectivity index (χ0n) is 13.0. The first-order chi connectivity index (χ1) is 11.1. The average molecular weight is 324 g/mol. The maximum atomic E-state index is 13.0. The minimum Gasteiger partial charge on any atom is -0.454 e. The number of carbonyl (C=O) groups excluding carboxylic acids is 1. The van der Waals surface area contributed by atoms with Gasteiger partial charge in [-0.1, -0.05) is 18.2 Å². The van der Waals surface area contributed by atoms with E-state index in [1.807, 2.05) is 55.6 Å². The molecule has 4 rings (SSSR count). The van der Waals surface area contributed by atoms with E-state index in [9.17, 15) is 4.79 Å². The van der Waals surface area contributed by atoms with Crippen LogP contribution in [0, 0.1) is 0 Å². The molecule has 0 saturated heterocycles. The van der Waals surface area contributed by atoms with Gasteiger partial charge in [-0.15, -0.1) is 0 Å². The van der Waals surface area contributed by atoms with Crippen molar-refractivity contribution in [3.8, 4) is 11.5 Å². The minimum absolute atomic E-state index is 0.145. The molecule has 2 aromatic rings. The predicted molar refractivity (Wildman–Crippen MR) is 91.0 cm³/mol.